The Labute approximate surface area is 205 Å². The van der Waals surface area contributed by atoms with Gasteiger partial charge < -0.3 is 19.5 Å². The highest BCUT2D eigenvalue weighted by Gasteiger charge is 2.18. The second-order valence-corrected chi connectivity index (χ2v) is 8.85. The lowest BCUT2D eigenvalue weighted by Crippen LogP contribution is -2.47. The molecule has 35 heavy (non-hydrogen) atoms. The molecule has 0 aliphatic carbocycles. The van der Waals surface area contributed by atoms with Crippen molar-refractivity contribution in [2.24, 2.45) is 7.05 Å². The van der Waals surface area contributed by atoms with Crippen molar-refractivity contribution in [2.45, 2.75) is 6.42 Å². The number of nitrogens with one attached hydrogen (secondary N) is 1. The summed E-state index contributed by atoms with van der Waals surface area (Å²) in [5.41, 5.74) is 3.98. The standard InChI is InChI=1S/C28H31N5O2/c1-31-26-13-12-22(29-28(34)21-35-24-10-6-3-7-11-24)20-25(26)30-27(31)14-15-32-16-18-33(19-17-32)23-8-4-2-5-9-23/h2-13,20H,14-19,21H2,1H3,(H,29,34). The Kier molecular flexibility index (Phi) is 6.95. The van der Waals surface area contributed by atoms with Gasteiger partial charge in [0.15, 0.2) is 6.61 Å². The van der Waals surface area contributed by atoms with Crippen LogP contribution in [0.25, 0.3) is 11.0 Å². The average molecular weight is 470 g/mol. The van der Waals surface area contributed by atoms with E-state index < -0.39 is 0 Å². The van der Waals surface area contributed by atoms with E-state index in [9.17, 15) is 4.79 Å². The van der Waals surface area contributed by atoms with Gasteiger partial charge in [-0.2, -0.15) is 0 Å². The number of ether oxygens (including phenoxy) is 1. The number of aromatic nitrogens is 2. The summed E-state index contributed by atoms with van der Waals surface area (Å²) < 4.78 is 7.69. The first-order valence-corrected chi connectivity index (χ1v) is 12.1. The highest BCUT2D eigenvalue weighted by Crippen LogP contribution is 2.21. The molecule has 1 N–H and O–H groups in total. The molecule has 7 heteroatoms. The number of hydrogen-bond acceptors (Lipinski definition) is 5. The van der Waals surface area contributed by atoms with Crippen LogP contribution >= 0.6 is 0 Å². The van der Waals surface area contributed by atoms with Gasteiger partial charge in [0.2, 0.25) is 0 Å². The second-order valence-electron chi connectivity index (χ2n) is 8.85. The van der Waals surface area contributed by atoms with Crippen LogP contribution in [0.1, 0.15) is 5.82 Å². The topological polar surface area (TPSA) is 62.6 Å². The predicted molar refractivity (Wildman–Crippen MR) is 140 cm³/mol. The highest BCUT2D eigenvalue weighted by molar-refractivity contribution is 5.94. The molecule has 1 fully saturated rings. The minimum atomic E-state index is -0.195. The maximum Gasteiger partial charge on any atom is 0.262 e. The van der Waals surface area contributed by atoms with Crippen molar-refractivity contribution in [2.75, 3.05) is 49.5 Å². The SMILES string of the molecule is Cn1c(CCN2CCN(c3ccccc3)CC2)nc2cc(NC(=O)COc3ccccc3)ccc21. The van der Waals surface area contributed by atoms with Gasteiger partial charge in [-0.3, -0.25) is 9.69 Å². The lowest BCUT2D eigenvalue weighted by atomic mass is 10.2. The lowest BCUT2D eigenvalue weighted by Gasteiger charge is -2.36. The van der Waals surface area contributed by atoms with Crippen molar-refractivity contribution in [3.63, 3.8) is 0 Å². The Hall–Kier alpha value is -3.84. The van der Waals surface area contributed by atoms with Gasteiger partial charge in [-0.15, -0.1) is 0 Å². The molecule has 1 saturated heterocycles. The Morgan fingerprint density at radius 2 is 1.66 bits per heavy atom. The van der Waals surface area contributed by atoms with Gasteiger partial charge >= 0.3 is 0 Å². The van der Waals surface area contributed by atoms with Gasteiger partial charge in [0, 0.05) is 57.6 Å². The summed E-state index contributed by atoms with van der Waals surface area (Å²) in [4.78, 5) is 22.1. The number of nitrogens with zero attached hydrogens (tertiary/aromatic N) is 4. The van der Waals surface area contributed by atoms with Crippen molar-refractivity contribution >= 4 is 28.3 Å². The van der Waals surface area contributed by atoms with E-state index in [1.165, 1.54) is 5.69 Å². The number of para-hydroxylation sites is 2. The number of carbonyl (C=O) groups is 1. The summed E-state index contributed by atoms with van der Waals surface area (Å²) in [6.07, 6.45) is 0.892. The fourth-order valence-corrected chi connectivity index (χ4v) is 4.54. The number of fused-ring (bicyclic) bond motifs is 1. The monoisotopic (exact) mass is 469 g/mol. The number of benzene rings is 3. The predicted octanol–water partition coefficient (Wildman–Crippen LogP) is 3.96. The third kappa shape index (κ3) is 5.63. The number of anilines is 2. The number of piperazine rings is 1. The van der Waals surface area contributed by atoms with E-state index in [2.05, 4.69) is 57.1 Å². The molecule has 0 saturated carbocycles. The minimum absolute atomic E-state index is 0.0347. The van der Waals surface area contributed by atoms with E-state index in [4.69, 9.17) is 9.72 Å². The average Bonchev–Trinajstić information content (AvgIpc) is 3.22. The third-order valence-corrected chi connectivity index (χ3v) is 6.52. The maximum absolute atomic E-state index is 12.3. The Balaban J connectivity index is 1.15. The first kappa shape index (κ1) is 22.9. The molecule has 0 atom stereocenters. The summed E-state index contributed by atoms with van der Waals surface area (Å²) in [5, 5.41) is 2.91. The van der Waals surface area contributed by atoms with Crippen molar-refractivity contribution in [1.29, 1.82) is 0 Å². The number of aryl methyl sites for hydroxylation is 1. The molecule has 7 nitrogen and oxygen atoms in total. The largest absolute Gasteiger partial charge is 0.484 e. The fourth-order valence-electron chi connectivity index (χ4n) is 4.54. The van der Waals surface area contributed by atoms with Crippen LogP contribution in [-0.2, 0) is 18.3 Å². The van der Waals surface area contributed by atoms with Crippen LogP contribution in [-0.4, -0.2) is 59.7 Å². The van der Waals surface area contributed by atoms with Crippen LogP contribution < -0.4 is 15.0 Å². The highest BCUT2D eigenvalue weighted by atomic mass is 16.5. The van der Waals surface area contributed by atoms with Crippen LogP contribution in [0.2, 0.25) is 0 Å². The van der Waals surface area contributed by atoms with Crippen LogP contribution in [0.5, 0.6) is 5.75 Å². The molecule has 0 spiro atoms. The third-order valence-electron chi connectivity index (χ3n) is 6.52. The van der Waals surface area contributed by atoms with Gasteiger partial charge in [-0.1, -0.05) is 36.4 Å². The van der Waals surface area contributed by atoms with E-state index in [0.717, 1.165) is 61.7 Å². The van der Waals surface area contributed by atoms with Gasteiger partial charge in [0.25, 0.3) is 5.91 Å². The quantitative estimate of drug-likeness (QED) is 0.423. The summed E-state index contributed by atoms with van der Waals surface area (Å²) in [5.74, 6) is 1.54. The molecule has 1 aliphatic rings. The van der Waals surface area contributed by atoms with Gasteiger partial charge in [0.1, 0.15) is 11.6 Å². The Bertz CT molecular complexity index is 1260. The summed E-state index contributed by atoms with van der Waals surface area (Å²) >= 11 is 0. The van der Waals surface area contributed by atoms with Crippen LogP contribution in [0.4, 0.5) is 11.4 Å². The molecular formula is C28H31N5O2. The van der Waals surface area contributed by atoms with Gasteiger partial charge in [-0.05, 0) is 42.5 Å². The van der Waals surface area contributed by atoms with Crippen LogP contribution in [0.3, 0.4) is 0 Å². The molecule has 1 amide bonds. The summed E-state index contributed by atoms with van der Waals surface area (Å²) in [6, 6.07) is 25.8. The zero-order chi connectivity index (χ0) is 24.0. The zero-order valence-corrected chi connectivity index (χ0v) is 20.1. The normalized spacial score (nSPS) is 14.3. The van der Waals surface area contributed by atoms with E-state index in [1.807, 2.05) is 48.5 Å². The molecule has 2 heterocycles. The second kappa shape index (κ2) is 10.6. The first-order chi connectivity index (χ1) is 17.2. The molecule has 4 aromatic rings. The zero-order valence-electron chi connectivity index (χ0n) is 20.1. The summed E-state index contributed by atoms with van der Waals surface area (Å²) in [7, 11) is 2.06. The molecule has 0 radical (unpaired) electrons. The van der Waals surface area contributed by atoms with E-state index >= 15 is 0 Å². The van der Waals surface area contributed by atoms with Crippen LogP contribution in [0, 0.1) is 0 Å². The van der Waals surface area contributed by atoms with E-state index in [1.54, 1.807) is 0 Å². The number of carbonyl (C=O) groups excluding carboxylic acids is 1. The molecule has 3 aromatic carbocycles. The van der Waals surface area contributed by atoms with E-state index in [0.29, 0.717) is 5.75 Å². The van der Waals surface area contributed by atoms with Crippen molar-refractivity contribution in [1.82, 2.24) is 14.5 Å². The molecule has 0 bridgehead atoms. The molecule has 1 aliphatic heterocycles. The molecule has 5 rings (SSSR count). The summed E-state index contributed by atoms with van der Waals surface area (Å²) in [6.45, 7) is 5.15. The van der Waals surface area contributed by atoms with Gasteiger partial charge in [-0.25, -0.2) is 4.98 Å². The smallest absolute Gasteiger partial charge is 0.262 e. The number of hydrogen-bond donors (Lipinski definition) is 1. The maximum atomic E-state index is 12.3. The molecule has 0 unspecified atom stereocenters. The molecule has 180 valence electrons. The van der Waals surface area contributed by atoms with Crippen molar-refractivity contribution in [3.8, 4) is 5.75 Å². The molecule has 1 aromatic heterocycles. The number of rotatable bonds is 8. The Morgan fingerprint density at radius 1 is 0.943 bits per heavy atom. The minimum Gasteiger partial charge on any atom is -0.484 e. The lowest BCUT2D eigenvalue weighted by molar-refractivity contribution is -0.118. The van der Waals surface area contributed by atoms with Crippen molar-refractivity contribution in [3.05, 3.63) is 84.7 Å². The van der Waals surface area contributed by atoms with Crippen molar-refractivity contribution < 1.29 is 9.53 Å². The number of amides is 1. The first-order valence-electron chi connectivity index (χ1n) is 12.1. The fraction of sp³-hybridized carbons (Fsp3) is 0.286. The molecular weight excluding hydrogens is 438 g/mol. The Morgan fingerprint density at radius 3 is 2.40 bits per heavy atom. The van der Waals surface area contributed by atoms with E-state index in [-0.39, 0.29) is 12.5 Å². The van der Waals surface area contributed by atoms with Crippen LogP contribution in [0.15, 0.2) is 78.9 Å². The van der Waals surface area contributed by atoms with Gasteiger partial charge in [0.05, 0.1) is 11.0 Å². The number of imidazole rings is 1.